The van der Waals surface area contributed by atoms with Gasteiger partial charge in [0, 0.05) is 6.54 Å². The van der Waals surface area contributed by atoms with Crippen molar-refractivity contribution in [3.05, 3.63) is 35.4 Å². The van der Waals surface area contributed by atoms with Gasteiger partial charge in [0.05, 0.1) is 24.1 Å². The van der Waals surface area contributed by atoms with Crippen molar-refractivity contribution in [3.8, 4) is 0 Å². The average Bonchev–Trinajstić information content (AvgIpc) is 3.10. The molecule has 1 aromatic rings. The van der Waals surface area contributed by atoms with Crippen molar-refractivity contribution in [2.45, 2.75) is 144 Å². The number of rotatable bonds is 23. The van der Waals surface area contributed by atoms with Gasteiger partial charge < -0.3 is 46.9 Å². The number of carbonyl (C=O) groups excluding carboxylic acids is 6. The van der Waals surface area contributed by atoms with Crippen LogP contribution in [0.1, 0.15) is 111 Å². The number of carboxylic acids is 1. The van der Waals surface area contributed by atoms with Crippen molar-refractivity contribution >= 4 is 53.4 Å². The summed E-state index contributed by atoms with van der Waals surface area (Å²) in [4.78, 5) is 90.9. The second-order valence-electron chi connectivity index (χ2n) is 17.0. The standard InChI is InChI=1S/C41H68N6O10S/c1-22(2)19-29(44-35(50)28(17-18-58-12)43-37(52)34(25(7)8)47-40(56)57-41(9,10)11)30(48)20-31(49)45-33(24(5)6)38(53)46-32(23(3)4)36(51)42-21-26-13-15-27(16-14-26)39(54)55/h13-16,22-25,28-30,32-34,48H,17-21H2,1-12H3,(H,42,51)(H,43,52)(H,44,50)(H,45,49)(H,46,53)(H,47,56)(H,54,55)/t28-,29-,30-,32-,33-,34-/m0/s1. The van der Waals surface area contributed by atoms with Crippen LogP contribution in [0.25, 0.3) is 0 Å². The number of aliphatic hydroxyl groups is 1. The number of alkyl carbamates (subject to hydrolysis) is 1. The number of ether oxygens (including phenoxy) is 1. The van der Waals surface area contributed by atoms with E-state index in [1.54, 1.807) is 74.4 Å². The topological polar surface area (TPSA) is 241 Å². The van der Waals surface area contributed by atoms with Gasteiger partial charge in [-0.05, 0) is 87.0 Å². The van der Waals surface area contributed by atoms with Crippen molar-refractivity contribution in [1.82, 2.24) is 31.9 Å². The summed E-state index contributed by atoms with van der Waals surface area (Å²) in [5, 5.41) is 36.8. The van der Waals surface area contributed by atoms with Crippen molar-refractivity contribution in [3.63, 3.8) is 0 Å². The van der Waals surface area contributed by atoms with Gasteiger partial charge in [-0.2, -0.15) is 11.8 Å². The lowest BCUT2D eigenvalue weighted by molar-refractivity contribution is -0.134. The quantitative estimate of drug-likeness (QED) is 0.0795. The molecule has 1 rings (SSSR count). The zero-order valence-corrected chi connectivity index (χ0v) is 37.0. The van der Waals surface area contributed by atoms with Crippen LogP contribution in [0.4, 0.5) is 4.79 Å². The van der Waals surface area contributed by atoms with Crippen LogP contribution in [0.3, 0.4) is 0 Å². The Morgan fingerprint density at radius 2 is 1.22 bits per heavy atom. The molecule has 0 saturated heterocycles. The number of aromatic carboxylic acids is 1. The summed E-state index contributed by atoms with van der Waals surface area (Å²) in [6, 6.07) is 1.10. The third kappa shape index (κ3) is 18.9. The average molecular weight is 837 g/mol. The largest absolute Gasteiger partial charge is 0.478 e. The maximum Gasteiger partial charge on any atom is 0.408 e. The van der Waals surface area contributed by atoms with Gasteiger partial charge in [0.1, 0.15) is 29.8 Å². The molecule has 6 amide bonds. The van der Waals surface area contributed by atoms with E-state index < -0.39 is 95.9 Å². The molecule has 0 aliphatic carbocycles. The molecule has 0 aliphatic heterocycles. The minimum Gasteiger partial charge on any atom is -0.478 e. The number of hydrogen-bond acceptors (Lipinski definition) is 10. The summed E-state index contributed by atoms with van der Waals surface area (Å²) in [6.07, 6.45) is -0.194. The molecule has 58 heavy (non-hydrogen) atoms. The lowest BCUT2D eigenvalue weighted by atomic mass is 9.95. The number of aliphatic hydroxyl groups excluding tert-OH is 1. The molecule has 0 heterocycles. The molecule has 0 spiro atoms. The van der Waals surface area contributed by atoms with Gasteiger partial charge in [0.15, 0.2) is 0 Å². The smallest absolute Gasteiger partial charge is 0.408 e. The Balaban J connectivity index is 3.07. The van der Waals surface area contributed by atoms with Crippen LogP contribution in [0.15, 0.2) is 24.3 Å². The fourth-order valence-electron chi connectivity index (χ4n) is 5.78. The van der Waals surface area contributed by atoms with E-state index in [1.165, 1.54) is 23.9 Å². The number of carboxylic acid groups (broad SMARTS) is 1. The van der Waals surface area contributed by atoms with Crippen molar-refractivity contribution in [1.29, 1.82) is 0 Å². The first-order valence-electron chi connectivity index (χ1n) is 19.8. The Labute approximate surface area is 347 Å². The molecule has 8 N–H and O–H groups in total. The lowest BCUT2D eigenvalue weighted by Gasteiger charge is -2.30. The van der Waals surface area contributed by atoms with Crippen LogP contribution in [0.5, 0.6) is 0 Å². The summed E-state index contributed by atoms with van der Waals surface area (Å²) in [5.74, 6) is -4.50. The number of nitrogens with one attached hydrogen (secondary N) is 6. The molecule has 328 valence electrons. The predicted molar refractivity (Wildman–Crippen MR) is 224 cm³/mol. The van der Waals surface area contributed by atoms with Crippen LogP contribution < -0.4 is 31.9 Å². The maximum atomic E-state index is 13.7. The molecule has 6 atom stereocenters. The molecule has 0 aliphatic rings. The summed E-state index contributed by atoms with van der Waals surface area (Å²) >= 11 is 1.47. The Hall–Kier alpha value is -4.38. The molecular formula is C41H68N6O10S. The second kappa shape index (κ2) is 24.5. The molecule has 1 aromatic carbocycles. The minimum atomic E-state index is -1.37. The number of thioether (sulfide) groups is 1. The van der Waals surface area contributed by atoms with E-state index in [9.17, 15) is 38.7 Å². The summed E-state index contributed by atoms with van der Waals surface area (Å²) < 4.78 is 5.33. The Morgan fingerprint density at radius 1 is 0.707 bits per heavy atom. The van der Waals surface area contributed by atoms with Gasteiger partial charge in [0.2, 0.25) is 29.5 Å². The van der Waals surface area contributed by atoms with Crippen molar-refractivity contribution in [2.24, 2.45) is 23.7 Å². The van der Waals surface area contributed by atoms with Gasteiger partial charge in [-0.25, -0.2) is 9.59 Å². The Morgan fingerprint density at radius 3 is 1.71 bits per heavy atom. The first-order valence-corrected chi connectivity index (χ1v) is 21.2. The summed E-state index contributed by atoms with van der Waals surface area (Å²) in [6.45, 7) is 19.5. The number of benzene rings is 1. The molecular weight excluding hydrogens is 769 g/mol. The molecule has 17 heteroatoms. The van der Waals surface area contributed by atoms with Gasteiger partial charge in [-0.3, -0.25) is 24.0 Å². The number of amides is 6. The van der Waals surface area contributed by atoms with Crippen LogP contribution in [0.2, 0.25) is 0 Å². The fraction of sp³-hybridized carbons (Fsp3) is 0.683. The van der Waals surface area contributed by atoms with E-state index in [4.69, 9.17) is 9.84 Å². The molecule has 0 saturated carbocycles. The van der Waals surface area contributed by atoms with Gasteiger partial charge in [-0.15, -0.1) is 0 Å². The van der Waals surface area contributed by atoms with E-state index in [0.29, 0.717) is 17.7 Å². The highest BCUT2D eigenvalue weighted by atomic mass is 32.2. The fourth-order valence-corrected chi connectivity index (χ4v) is 6.25. The maximum absolute atomic E-state index is 13.7. The zero-order valence-electron chi connectivity index (χ0n) is 36.2. The van der Waals surface area contributed by atoms with E-state index in [0.717, 1.165) is 0 Å². The third-order valence-corrected chi connectivity index (χ3v) is 9.60. The first-order chi connectivity index (χ1) is 26.9. The van der Waals surface area contributed by atoms with E-state index in [-0.39, 0.29) is 36.3 Å². The van der Waals surface area contributed by atoms with Crippen LogP contribution in [-0.4, -0.2) is 106 Å². The number of hydrogen-bond donors (Lipinski definition) is 8. The van der Waals surface area contributed by atoms with Crippen LogP contribution >= 0.6 is 11.8 Å². The highest BCUT2D eigenvalue weighted by Crippen LogP contribution is 2.15. The molecule has 0 radical (unpaired) electrons. The minimum absolute atomic E-state index is 0.0111. The van der Waals surface area contributed by atoms with E-state index in [1.807, 2.05) is 20.1 Å². The third-order valence-electron chi connectivity index (χ3n) is 8.96. The van der Waals surface area contributed by atoms with Crippen LogP contribution in [-0.2, 0) is 35.3 Å². The Kier molecular flexibility index (Phi) is 21.8. The SMILES string of the molecule is CSCC[C@H](NC(=O)[C@@H](NC(=O)OC(C)(C)C)C(C)C)C(=O)N[C@@H](CC(C)C)[C@@H](O)CC(=O)N[C@H](C(=O)N[C@H](C(=O)NCc1ccc(C(=O)O)cc1)C(C)C)C(C)C. The Bertz CT molecular complexity index is 1530. The molecule has 0 aromatic heterocycles. The van der Waals surface area contributed by atoms with E-state index >= 15 is 0 Å². The van der Waals surface area contributed by atoms with Crippen LogP contribution in [0, 0.1) is 23.7 Å². The van der Waals surface area contributed by atoms with Crippen molar-refractivity contribution < 1.29 is 48.5 Å². The van der Waals surface area contributed by atoms with Crippen molar-refractivity contribution in [2.75, 3.05) is 12.0 Å². The molecule has 0 unspecified atom stereocenters. The zero-order chi connectivity index (χ0) is 44.5. The van der Waals surface area contributed by atoms with Gasteiger partial charge in [0.25, 0.3) is 0 Å². The first kappa shape index (κ1) is 51.6. The highest BCUT2D eigenvalue weighted by Gasteiger charge is 2.34. The van der Waals surface area contributed by atoms with E-state index in [2.05, 4.69) is 31.9 Å². The highest BCUT2D eigenvalue weighted by molar-refractivity contribution is 7.98. The van der Waals surface area contributed by atoms with Gasteiger partial charge >= 0.3 is 12.1 Å². The summed E-state index contributed by atoms with van der Waals surface area (Å²) in [5.41, 5.74) is -0.00973. The second-order valence-corrected chi connectivity index (χ2v) is 18.0. The van der Waals surface area contributed by atoms with Gasteiger partial charge in [-0.1, -0.05) is 67.5 Å². The lowest BCUT2D eigenvalue weighted by Crippen LogP contribution is -2.58. The number of carbonyl (C=O) groups is 7. The monoisotopic (exact) mass is 836 g/mol. The summed E-state index contributed by atoms with van der Waals surface area (Å²) in [7, 11) is 0. The predicted octanol–water partition coefficient (Wildman–Crippen LogP) is 3.35. The molecule has 16 nitrogen and oxygen atoms in total. The molecule has 0 fully saturated rings. The normalized spacial score (nSPS) is 14.8. The molecule has 0 bridgehead atoms.